The van der Waals surface area contributed by atoms with Gasteiger partial charge in [0.25, 0.3) is 0 Å². The molecule has 2 rings (SSSR count). The minimum atomic E-state index is -3.36. The molecule has 0 aliphatic heterocycles. The lowest BCUT2D eigenvalue weighted by Gasteiger charge is -2.20. The van der Waals surface area contributed by atoms with Crippen molar-refractivity contribution in [1.82, 2.24) is 4.72 Å². The predicted molar refractivity (Wildman–Crippen MR) is 90.5 cm³/mol. The third-order valence-corrected chi connectivity index (χ3v) is 6.46. The van der Waals surface area contributed by atoms with Gasteiger partial charge < -0.3 is 5.32 Å². The van der Waals surface area contributed by atoms with E-state index in [2.05, 4.69) is 16.3 Å². The highest BCUT2D eigenvalue weighted by atomic mass is 32.2. The Hall–Kier alpha value is -0.720. The minimum absolute atomic E-state index is 0.328. The zero-order valence-electron chi connectivity index (χ0n) is 12.6. The van der Waals surface area contributed by atoms with E-state index < -0.39 is 10.0 Å². The lowest BCUT2D eigenvalue weighted by Crippen LogP contribution is -2.26. The van der Waals surface area contributed by atoms with Crippen LogP contribution in [0.1, 0.15) is 32.6 Å². The van der Waals surface area contributed by atoms with Crippen LogP contribution in [0.3, 0.4) is 0 Å². The third kappa shape index (κ3) is 4.37. The maximum Gasteiger partial charge on any atom is 0.240 e. The molecule has 0 saturated heterocycles. The van der Waals surface area contributed by atoms with E-state index >= 15 is 0 Å². The van der Waals surface area contributed by atoms with Crippen LogP contribution in [0.2, 0.25) is 0 Å². The number of rotatable bonds is 7. The van der Waals surface area contributed by atoms with Crippen LogP contribution in [0.5, 0.6) is 0 Å². The van der Waals surface area contributed by atoms with Gasteiger partial charge >= 0.3 is 0 Å². The Kier molecular flexibility index (Phi) is 5.96. The molecule has 0 heterocycles. The Morgan fingerprint density at radius 1 is 1.24 bits per heavy atom. The van der Waals surface area contributed by atoms with E-state index in [0.29, 0.717) is 22.7 Å². The zero-order chi connectivity index (χ0) is 15.3. The van der Waals surface area contributed by atoms with Crippen molar-refractivity contribution >= 4 is 27.5 Å². The van der Waals surface area contributed by atoms with Gasteiger partial charge in [-0.3, -0.25) is 0 Å². The molecule has 21 heavy (non-hydrogen) atoms. The molecule has 6 heteroatoms. The van der Waals surface area contributed by atoms with Crippen molar-refractivity contribution < 1.29 is 8.42 Å². The van der Waals surface area contributed by atoms with Crippen molar-refractivity contribution in [2.24, 2.45) is 0 Å². The minimum Gasteiger partial charge on any atom is -0.381 e. The van der Waals surface area contributed by atoms with Crippen molar-refractivity contribution in [3.63, 3.8) is 0 Å². The molecule has 0 spiro atoms. The first-order valence-electron chi connectivity index (χ1n) is 7.46. The van der Waals surface area contributed by atoms with Crippen LogP contribution in [-0.2, 0) is 10.0 Å². The van der Waals surface area contributed by atoms with Crippen LogP contribution >= 0.6 is 11.8 Å². The van der Waals surface area contributed by atoms with Gasteiger partial charge in [0.2, 0.25) is 10.0 Å². The van der Waals surface area contributed by atoms with Gasteiger partial charge in [0, 0.05) is 23.5 Å². The summed E-state index contributed by atoms with van der Waals surface area (Å²) in [5, 5.41) is 4.18. The normalized spacial score (nSPS) is 22.4. The highest BCUT2D eigenvalue weighted by Gasteiger charge is 2.26. The van der Waals surface area contributed by atoms with E-state index in [0.717, 1.165) is 12.1 Å². The number of hydrogen-bond donors (Lipinski definition) is 2. The zero-order valence-corrected chi connectivity index (χ0v) is 14.3. The van der Waals surface area contributed by atoms with Crippen LogP contribution in [0, 0.1) is 0 Å². The fraction of sp³-hybridized carbons (Fsp3) is 0.600. The molecule has 2 unspecified atom stereocenters. The largest absolute Gasteiger partial charge is 0.381 e. The molecule has 1 aliphatic carbocycles. The van der Waals surface area contributed by atoms with Crippen molar-refractivity contribution in [2.75, 3.05) is 18.1 Å². The first-order chi connectivity index (χ1) is 10.1. The summed E-state index contributed by atoms with van der Waals surface area (Å²) in [4.78, 5) is 0.328. The second-order valence-corrected chi connectivity index (χ2v) is 8.22. The number of benzene rings is 1. The SMILES string of the molecule is CCCNS(=O)(=O)c1ccc(NC2CCCC2SC)cc1. The number of hydrogen-bond acceptors (Lipinski definition) is 4. The summed E-state index contributed by atoms with van der Waals surface area (Å²) in [7, 11) is -3.36. The van der Waals surface area contributed by atoms with Crippen LogP contribution in [-0.4, -0.2) is 32.5 Å². The third-order valence-electron chi connectivity index (χ3n) is 3.81. The lowest BCUT2D eigenvalue weighted by atomic mass is 10.2. The molecule has 0 bridgehead atoms. The molecular formula is C15H24N2O2S2. The quantitative estimate of drug-likeness (QED) is 0.807. The van der Waals surface area contributed by atoms with Gasteiger partial charge in [-0.1, -0.05) is 13.3 Å². The summed E-state index contributed by atoms with van der Waals surface area (Å²) in [6.07, 6.45) is 6.64. The molecule has 4 nitrogen and oxygen atoms in total. The Balaban J connectivity index is 2.02. The van der Waals surface area contributed by atoms with Crippen LogP contribution in [0.4, 0.5) is 5.69 Å². The van der Waals surface area contributed by atoms with E-state index in [1.807, 2.05) is 30.8 Å². The van der Waals surface area contributed by atoms with Gasteiger partial charge in [-0.25, -0.2) is 13.1 Å². The summed E-state index contributed by atoms with van der Waals surface area (Å²) in [5.74, 6) is 0. The Morgan fingerprint density at radius 3 is 2.57 bits per heavy atom. The average Bonchev–Trinajstić information content (AvgIpc) is 2.93. The van der Waals surface area contributed by atoms with E-state index in [-0.39, 0.29) is 0 Å². The van der Waals surface area contributed by atoms with E-state index in [9.17, 15) is 8.42 Å². The van der Waals surface area contributed by atoms with Gasteiger partial charge in [-0.2, -0.15) is 11.8 Å². The van der Waals surface area contributed by atoms with Gasteiger partial charge in [0.1, 0.15) is 0 Å². The maximum atomic E-state index is 12.0. The fourth-order valence-electron chi connectivity index (χ4n) is 2.64. The van der Waals surface area contributed by atoms with Crippen LogP contribution in [0.15, 0.2) is 29.2 Å². The molecule has 1 saturated carbocycles. The molecule has 1 aromatic carbocycles. The first kappa shape index (κ1) is 16.6. The summed E-state index contributed by atoms with van der Waals surface area (Å²) in [6, 6.07) is 7.54. The molecule has 1 aromatic rings. The monoisotopic (exact) mass is 328 g/mol. The molecular weight excluding hydrogens is 304 g/mol. The maximum absolute atomic E-state index is 12.0. The molecule has 1 aliphatic rings. The number of anilines is 1. The van der Waals surface area contributed by atoms with Crippen molar-refractivity contribution in [3.8, 4) is 0 Å². The number of thioether (sulfide) groups is 1. The second-order valence-electron chi connectivity index (χ2n) is 5.38. The Labute approximate surface area is 132 Å². The van der Waals surface area contributed by atoms with Crippen LogP contribution < -0.4 is 10.0 Å². The van der Waals surface area contributed by atoms with Gasteiger partial charge in [-0.15, -0.1) is 0 Å². The summed E-state index contributed by atoms with van der Waals surface area (Å²) >= 11 is 1.91. The molecule has 118 valence electrons. The first-order valence-corrected chi connectivity index (χ1v) is 10.2. The van der Waals surface area contributed by atoms with E-state index in [1.54, 1.807) is 12.1 Å². The lowest BCUT2D eigenvalue weighted by molar-refractivity contribution is 0.581. The highest BCUT2D eigenvalue weighted by molar-refractivity contribution is 7.99. The highest BCUT2D eigenvalue weighted by Crippen LogP contribution is 2.30. The van der Waals surface area contributed by atoms with Crippen molar-refractivity contribution in [3.05, 3.63) is 24.3 Å². The van der Waals surface area contributed by atoms with Gasteiger partial charge in [0.05, 0.1) is 4.90 Å². The molecule has 1 fully saturated rings. The number of sulfonamides is 1. The Bertz CT molecular complexity index is 543. The standard InChI is InChI=1S/C15H24N2O2S2/c1-3-11-16-21(18,19)13-9-7-12(8-10-13)17-14-5-4-6-15(14)20-2/h7-10,14-17H,3-6,11H2,1-2H3. The fourth-order valence-corrected chi connectivity index (χ4v) is 4.71. The molecule has 2 atom stereocenters. The average molecular weight is 329 g/mol. The van der Waals surface area contributed by atoms with Crippen molar-refractivity contribution in [2.45, 2.75) is 48.8 Å². The molecule has 0 radical (unpaired) electrons. The van der Waals surface area contributed by atoms with E-state index in [1.165, 1.54) is 19.3 Å². The summed E-state index contributed by atoms with van der Waals surface area (Å²) in [6.45, 7) is 2.42. The topological polar surface area (TPSA) is 58.2 Å². The Morgan fingerprint density at radius 2 is 1.95 bits per heavy atom. The summed E-state index contributed by atoms with van der Waals surface area (Å²) < 4.78 is 26.6. The van der Waals surface area contributed by atoms with E-state index in [4.69, 9.17) is 0 Å². The second kappa shape index (κ2) is 7.51. The summed E-state index contributed by atoms with van der Waals surface area (Å²) in [5.41, 5.74) is 0.996. The number of nitrogens with one attached hydrogen (secondary N) is 2. The molecule has 0 aromatic heterocycles. The molecule has 2 N–H and O–H groups in total. The predicted octanol–water partition coefficient (Wildman–Crippen LogP) is 3.07. The van der Waals surface area contributed by atoms with Crippen LogP contribution in [0.25, 0.3) is 0 Å². The van der Waals surface area contributed by atoms with Gasteiger partial charge in [0.15, 0.2) is 0 Å². The van der Waals surface area contributed by atoms with Crippen molar-refractivity contribution in [1.29, 1.82) is 0 Å². The van der Waals surface area contributed by atoms with Gasteiger partial charge in [-0.05, 0) is 49.8 Å². The molecule has 0 amide bonds. The smallest absolute Gasteiger partial charge is 0.240 e.